The number of fused-ring (bicyclic) bond motifs is 2. The fourth-order valence-corrected chi connectivity index (χ4v) is 6.39. The summed E-state index contributed by atoms with van der Waals surface area (Å²) in [5, 5.41) is 11.7. The summed E-state index contributed by atoms with van der Waals surface area (Å²) in [5.74, 6) is 2.65. The maximum absolute atomic E-state index is 12.6. The standard InChI is InChI=1S/C27H35N9O3/c1-34(2)17-5-7-35(8-6-17)9-10-36-26-20(25(28)29-13-30-26)22(33-36)18-3-4-19(24-23(18)38-14-39-24)31-27(37)32-21-15-11-16(21)12-15/h3-4,13,15-17,21H,5-12,14H2,1-2H3,(H2,28,29,30)(H2,31,32,37). The van der Waals surface area contributed by atoms with Gasteiger partial charge in [0.1, 0.15) is 17.8 Å². The summed E-state index contributed by atoms with van der Waals surface area (Å²) >= 11 is 0. The maximum Gasteiger partial charge on any atom is 0.319 e. The number of benzene rings is 1. The molecule has 0 radical (unpaired) electrons. The molecule has 12 nitrogen and oxygen atoms in total. The molecule has 3 saturated carbocycles. The van der Waals surface area contributed by atoms with Gasteiger partial charge in [-0.15, -0.1) is 0 Å². The molecule has 3 aliphatic carbocycles. The molecule has 2 amide bonds. The number of ether oxygens (including phenoxy) is 2. The number of piperidine rings is 1. The molecule has 1 saturated heterocycles. The van der Waals surface area contributed by atoms with Gasteiger partial charge >= 0.3 is 6.03 Å². The lowest BCUT2D eigenvalue weighted by Crippen LogP contribution is -2.64. The van der Waals surface area contributed by atoms with Gasteiger partial charge in [0.2, 0.25) is 6.79 Å². The first kappa shape index (κ1) is 24.4. The summed E-state index contributed by atoms with van der Waals surface area (Å²) in [5.41, 5.74) is 8.97. The van der Waals surface area contributed by atoms with Gasteiger partial charge in [-0.2, -0.15) is 5.10 Å². The van der Waals surface area contributed by atoms with Crippen LogP contribution >= 0.6 is 0 Å². The van der Waals surface area contributed by atoms with Crippen LogP contribution in [-0.4, -0.2) is 88.2 Å². The van der Waals surface area contributed by atoms with E-state index in [1.165, 1.54) is 19.2 Å². The number of urea groups is 1. The summed E-state index contributed by atoms with van der Waals surface area (Å²) in [6.45, 7) is 3.74. The Morgan fingerprint density at radius 3 is 2.59 bits per heavy atom. The number of rotatable bonds is 7. The Morgan fingerprint density at radius 1 is 1.10 bits per heavy atom. The molecular weight excluding hydrogens is 498 g/mol. The van der Waals surface area contributed by atoms with Gasteiger partial charge in [-0.05, 0) is 76.8 Å². The molecule has 4 heterocycles. The number of nitrogens with zero attached hydrogens (tertiary/aromatic N) is 6. The Bertz CT molecular complexity index is 1400. The van der Waals surface area contributed by atoms with Crippen molar-refractivity contribution in [2.24, 2.45) is 11.8 Å². The zero-order valence-corrected chi connectivity index (χ0v) is 22.4. The highest BCUT2D eigenvalue weighted by Crippen LogP contribution is 2.53. The molecule has 2 bridgehead atoms. The molecule has 12 heteroatoms. The van der Waals surface area contributed by atoms with Crippen molar-refractivity contribution in [3.8, 4) is 22.8 Å². The molecule has 4 N–H and O–H groups in total. The number of aromatic nitrogens is 4. The van der Waals surface area contributed by atoms with Gasteiger partial charge in [-0.1, -0.05) is 0 Å². The average Bonchev–Trinajstić information content (AvgIpc) is 3.52. The van der Waals surface area contributed by atoms with Crippen molar-refractivity contribution >= 4 is 28.6 Å². The second-order valence-electron chi connectivity index (χ2n) is 11.4. The van der Waals surface area contributed by atoms with Crippen molar-refractivity contribution in [2.75, 3.05) is 51.6 Å². The van der Waals surface area contributed by atoms with E-state index in [2.05, 4.69) is 44.5 Å². The van der Waals surface area contributed by atoms with Gasteiger partial charge in [0.05, 0.1) is 17.6 Å². The van der Waals surface area contributed by atoms with Crippen LogP contribution in [0.5, 0.6) is 11.5 Å². The molecule has 0 atom stereocenters. The summed E-state index contributed by atoms with van der Waals surface area (Å²) in [7, 11) is 4.31. The van der Waals surface area contributed by atoms with Crippen LogP contribution in [0.3, 0.4) is 0 Å². The number of nitrogens with two attached hydrogens (primary N) is 1. The van der Waals surface area contributed by atoms with Crippen molar-refractivity contribution in [2.45, 2.75) is 44.3 Å². The first-order valence-electron chi connectivity index (χ1n) is 13.8. The van der Waals surface area contributed by atoms with Crippen molar-refractivity contribution in [3.05, 3.63) is 18.5 Å². The molecule has 0 spiro atoms. The largest absolute Gasteiger partial charge is 0.453 e. The maximum atomic E-state index is 12.6. The van der Waals surface area contributed by atoms with E-state index in [1.807, 2.05) is 16.8 Å². The van der Waals surface area contributed by atoms with Crippen molar-refractivity contribution in [1.29, 1.82) is 0 Å². The lowest BCUT2D eigenvalue weighted by Gasteiger charge is -2.57. The minimum atomic E-state index is -0.221. The third-order valence-corrected chi connectivity index (χ3v) is 9.02. The highest BCUT2D eigenvalue weighted by atomic mass is 16.7. The van der Waals surface area contributed by atoms with Crippen LogP contribution < -0.4 is 25.8 Å². The number of amides is 2. The van der Waals surface area contributed by atoms with E-state index in [-0.39, 0.29) is 12.8 Å². The zero-order chi connectivity index (χ0) is 26.7. The average molecular weight is 534 g/mol. The van der Waals surface area contributed by atoms with Crippen molar-refractivity contribution in [1.82, 2.24) is 34.9 Å². The van der Waals surface area contributed by atoms with Gasteiger partial charge in [0.25, 0.3) is 0 Å². The van der Waals surface area contributed by atoms with Gasteiger partial charge in [-0.25, -0.2) is 19.4 Å². The van der Waals surface area contributed by atoms with Gasteiger partial charge in [0.15, 0.2) is 17.1 Å². The Hall–Kier alpha value is -3.64. The number of anilines is 2. The van der Waals surface area contributed by atoms with E-state index in [9.17, 15) is 4.79 Å². The van der Waals surface area contributed by atoms with E-state index in [4.69, 9.17) is 20.3 Å². The summed E-state index contributed by atoms with van der Waals surface area (Å²) in [4.78, 5) is 26.2. The number of carbonyl (C=O) groups is 1. The predicted molar refractivity (Wildman–Crippen MR) is 147 cm³/mol. The Morgan fingerprint density at radius 2 is 1.87 bits per heavy atom. The first-order valence-corrected chi connectivity index (χ1v) is 13.8. The minimum absolute atomic E-state index is 0.0585. The lowest BCUT2D eigenvalue weighted by molar-refractivity contribution is -0.0328. The van der Waals surface area contributed by atoms with Crippen molar-refractivity contribution in [3.63, 3.8) is 0 Å². The molecule has 39 heavy (non-hydrogen) atoms. The van der Waals surface area contributed by atoms with Crippen LogP contribution in [0.2, 0.25) is 0 Å². The normalized spacial score (nSPS) is 24.0. The van der Waals surface area contributed by atoms with Crippen LogP contribution in [0, 0.1) is 11.8 Å². The Kier molecular flexibility index (Phi) is 5.96. The molecule has 2 aromatic heterocycles. The smallest absolute Gasteiger partial charge is 0.319 e. The van der Waals surface area contributed by atoms with E-state index < -0.39 is 0 Å². The van der Waals surface area contributed by atoms with Crippen LogP contribution in [0.15, 0.2) is 18.5 Å². The van der Waals surface area contributed by atoms with E-state index in [1.54, 1.807) is 0 Å². The molecule has 1 aromatic carbocycles. The summed E-state index contributed by atoms with van der Waals surface area (Å²) in [6.07, 6.45) is 6.26. The number of nitrogen functional groups attached to an aromatic ring is 1. The van der Waals surface area contributed by atoms with Gasteiger partial charge in [0, 0.05) is 24.2 Å². The molecule has 0 unspecified atom stereocenters. The van der Waals surface area contributed by atoms with Crippen molar-refractivity contribution < 1.29 is 14.3 Å². The third kappa shape index (κ3) is 4.22. The SMILES string of the molecule is CN(C)C1CCN(CCn2nc(-c3ccc(NC(=O)NC4C5CC4C5)c4c3OCO4)c3c(N)ncnc32)CC1. The number of hydrogen-bond donors (Lipinski definition) is 3. The first-order chi connectivity index (χ1) is 19.0. The lowest BCUT2D eigenvalue weighted by atomic mass is 9.52. The van der Waals surface area contributed by atoms with Crippen LogP contribution in [0.25, 0.3) is 22.3 Å². The molecule has 8 rings (SSSR count). The highest BCUT2D eigenvalue weighted by Gasteiger charge is 2.53. The quantitative estimate of drug-likeness (QED) is 0.418. The fraction of sp³-hybridized carbons (Fsp3) is 0.556. The predicted octanol–water partition coefficient (Wildman–Crippen LogP) is 2.36. The summed E-state index contributed by atoms with van der Waals surface area (Å²) < 4.78 is 13.6. The Labute approximate surface area is 226 Å². The second-order valence-corrected chi connectivity index (χ2v) is 11.4. The topological polar surface area (TPSA) is 136 Å². The minimum Gasteiger partial charge on any atom is -0.453 e. The zero-order valence-electron chi connectivity index (χ0n) is 22.4. The summed E-state index contributed by atoms with van der Waals surface area (Å²) in [6, 6.07) is 4.43. The number of nitrogens with one attached hydrogen (secondary N) is 2. The molecule has 4 fully saturated rings. The molecule has 206 valence electrons. The van der Waals surface area contributed by atoms with Crippen LogP contribution in [0.1, 0.15) is 25.7 Å². The van der Waals surface area contributed by atoms with Crippen LogP contribution in [-0.2, 0) is 6.54 Å². The Balaban J connectivity index is 1.14. The number of likely N-dealkylation sites (tertiary alicyclic amines) is 1. The molecule has 3 aromatic rings. The highest BCUT2D eigenvalue weighted by molar-refractivity contribution is 6.01. The molecule has 2 aliphatic heterocycles. The third-order valence-electron chi connectivity index (χ3n) is 9.02. The monoisotopic (exact) mass is 533 g/mol. The van der Waals surface area contributed by atoms with E-state index in [0.29, 0.717) is 70.2 Å². The van der Waals surface area contributed by atoms with E-state index >= 15 is 0 Å². The van der Waals surface area contributed by atoms with Gasteiger partial charge in [-0.3, -0.25) is 0 Å². The number of hydrogen-bond acceptors (Lipinski definition) is 9. The fourth-order valence-electron chi connectivity index (χ4n) is 6.39. The van der Waals surface area contributed by atoms with E-state index in [0.717, 1.165) is 38.0 Å². The molecular formula is C27H35N9O3. The second kappa shape index (κ2) is 9.53. The number of carbonyl (C=O) groups excluding carboxylic acids is 1. The van der Waals surface area contributed by atoms with Gasteiger partial charge < -0.3 is 35.6 Å². The van der Waals surface area contributed by atoms with Crippen LogP contribution in [0.4, 0.5) is 16.3 Å². The molecule has 5 aliphatic rings.